The number of Topliss-reactive ketones (excluding diaryl/α,β-unsaturated/α-hetero) is 1. The van der Waals surface area contributed by atoms with E-state index in [0.29, 0.717) is 21.5 Å². The molecule has 1 aromatic carbocycles. The molecule has 76 valence electrons. The Bertz CT molecular complexity index is 361. The van der Waals surface area contributed by atoms with E-state index in [2.05, 4.69) is 15.9 Å². The first-order chi connectivity index (χ1) is 6.61. The van der Waals surface area contributed by atoms with Crippen LogP contribution in [0, 0.1) is 0 Å². The molecule has 0 spiro atoms. The molecule has 0 bridgehead atoms. The van der Waals surface area contributed by atoms with Crippen molar-refractivity contribution in [3.8, 4) is 11.5 Å². The lowest BCUT2D eigenvalue weighted by molar-refractivity contribution is 0.101. The number of carbonyl (C=O) groups is 1. The molecule has 0 amide bonds. The van der Waals surface area contributed by atoms with Crippen molar-refractivity contribution >= 4 is 21.7 Å². The number of ketones is 1. The van der Waals surface area contributed by atoms with Gasteiger partial charge in [0.05, 0.1) is 19.8 Å². The van der Waals surface area contributed by atoms with E-state index in [1.54, 1.807) is 12.1 Å². The van der Waals surface area contributed by atoms with Gasteiger partial charge in [0, 0.05) is 4.47 Å². The first-order valence-corrected chi connectivity index (χ1v) is 4.82. The minimum atomic E-state index is -0.0624. The second-order valence-electron chi connectivity index (χ2n) is 2.71. The Morgan fingerprint density at radius 2 is 1.93 bits per heavy atom. The Balaban J connectivity index is 3.42. The molecule has 1 rings (SSSR count). The molecule has 0 atom stereocenters. The molecule has 14 heavy (non-hydrogen) atoms. The molecule has 0 N–H and O–H groups in total. The first kappa shape index (κ1) is 11.0. The van der Waals surface area contributed by atoms with Crippen molar-refractivity contribution in [2.45, 2.75) is 6.92 Å². The Labute approximate surface area is 91.1 Å². The Morgan fingerprint density at radius 3 is 2.36 bits per heavy atom. The summed E-state index contributed by atoms with van der Waals surface area (Å²) < 4.78 is 10.9. The maximum absolute atomic E-state index is 11.3. The Hall–Kier alpha value is -1.03. The number of benzene rings is 1. The van der Waals surface area contributed by atoms with Crippen LogP contribution in [0.3, 0.4) is 0 Å². The number of rotatable bonds is 3. The van der Waals surface area contributed by atoms with Crippen molar-refractivity contribution in [2.75, 3.05) is 14.2 Å². The largest absolute Gasteiger partial charge is 0.493 e. The van der Waals surface area contributed by atoms with Crippen LogP contribution in [0.25, 0.3) is 0 Å². The van der Waals surface area contributed by atoms with Crippen molar-refractivity contribution in [1.82, 2.24) is 0 Å². The van der Waals surface area contributed by atoms with Crippen molar-refractivity contribution in [2.24, 2.45) is 0 Å². The van der Waals surface area contributed by atoms with E-state index in [4.69, 9.17) is 9.47 Å². The summed E-state index contributed by atoms with van der Waals surface area (Å²) in [6, 6.07) is 3.51. The third kappa shape index (κ3) is 1.90. The number of halogens is 1. The molecule has 0 fully saturated rings. The van der Waals surface area contributed by atoms with Crippen LogP contribution in [0.1, 0.15) is 17.3 Å². The highest BCUT2D eigenvalue weighted by Crippen LogP contribution is 2.35. The lowest BCUT2D eigenvalue weighted by atomic mass is 10.1. The van der Waals surface area contributed by atoms with Crippen LogP contribution in [0.5, 0.6) is 11.5 Å². The zero-order valence-electron chi connectivity index (χ0n) is 8.26. The van der Waals surface area contributed by atoms with E-state index in [9.17, 15) is 4.79 Å². The number of hydrogen-bond donors (Lipinski definition) is 0. The summed E-state index contributed by atoms with van der Waals surface area (Å²) in [5, 5.41) is 0. The van der Waals surface area contributed by atoms with E-state index in [0.717, 1.165) is 0 Å². The molecule has 0 aliphatic heterocycles. The van der Waals surface area contributed by atoms with Gasteiger partial charge in [0.1, 0.15) is 0 Å². The molecule has 0 heterocycles. The normalized spacial score (nSPS) is 9.71. The first-order valence-electron chi connectivity index (χ1n) is 4.03. The van der Waals surface area contributed by atoms with Gasteiger partial charge in [-0.15, -0.1) is 0 Å². The minimum Gasteiger partial charge on any atom is -0.493 e. The van der Waals surface area contributed by atoms with Crippen LogP contribution in [0.4, 0.5) is 0 Å². The zero-order valence-corrected chi connectivity index (χ0v) is 9.84. The molecule has 0 aliphatic carbocycles. The van der Waals surface area contributed by atoms with Gasteiger partial charge >= 0.3 is 0 Å². The fourth-order valence-electron chi connectivity index (χ4n) is 1.23. The van der Waals surface area contributed by atoms with E-state index in [1.807, 2.05) is 0 Å². The van der Waals surface area contributed by atoms with Crippen molar-refractivity contribution < 1.29 is 14.3 Å². The third-order valence-corrected chi connectivity index (χ3v) is 2.51. The van der Waals surface area contributed by atoms with Gasteiger partial charge in [-0.2, -0.15) is 0 Å². The van der Waals surface area contributed by atoms with Crippen LogP contribution in [-0.4, -0.2) is 20.0 Å². The molecular formula is C10H11BrO3. The molecule has 0 aromatic heterocycles. The number of ether oxygens (including phenoxy) is 2. The summed E-state index contributed by atoms with van der Waals surface area (Å²) in [5.41, 5.74) is 0.506. The van der Waals surface area contributed by atoms with Crippen LogP contribution >= 0.6 is 15.9 Å². The molecule has 0 saturated heterocycles. The summed E-state index contributed by atoms with van der Waals surface area (Å²) in [6.07, 6.45) is 0. The smallest absolute Gasteiger partial charge is 0.172 e. The van der Waals surface area contributed by atoms with Gasteiger partial charge in [-0.1, -0.05) is 0 Å². The summed E-state index contributed by atoms with van der Waals surface area (Å²) in [6.45, 7) is 1.49. The molecular weight excluding hydrogens is 248 g/mol. The van der Waals surface area contributed by atoms with Crippen molar-refractivity contribution in [1.29, 1.82) is 0 Å². The second kappa shape index (κ2) is 4.46. The SMILES string of the molecule is COc1ccc(Br)c(C(C)=O)c1OC. The topological polar surface area (TPSA) is 35.5 Å². The van der Waals surface area contributed by atoms with Gasteiger partial charge in [0.25, 0.3) is 0 Å². The minimum absolute atomic E-state index is 0.0624. The molecule has 0 unspecified atom stereocenters. The number of methoxy groups -OCH3 is 2. The maximum Gasteiger partial charge on any atom is 0.172 e. The Kier molecular flexibility index (Phi) is 3.52. The lowest BCUT2D eigenvalue weighted by Gasteiger charge is -2.11. The average Bonchev–Trinajstić information content (AvgIpc) is 2.16. The van der Waals surface area contributed by atoms with Gasteiger partial charge in [0.2, 0.25) is 0 Å². The van der Waals surface area contributed by atoms with Crippen molar-refractivity contribution in [3.05, 3.63) is 22.2 Å². The van der Waals surface area contributed by atoms with Crippen LogP contribution in [0.15, 0.2) is 16.6 Å². The third-order valence-electron chi connectivity index (χ3n) is 1.85. The molecule has 3 nitrogen and oxygen atoms in total. The predicted molar refractivity (Wildman–Crippen MR) is 57.3 cm³/mol. The highest BCUT2D eigenvalue weighted by atomic mass is 79.9. The molecule has 0 radical (unpaired) electrons. The molecule has 1 aromatic rings. The highest BCUT2D eigenvalue weighted by Gasteiger charge is 2.16. The second-order valence-corrected chi connectivity index (χ2v) is 3.57. The molecule has 4 heteroatoms. The van der Waals surface area contributed by atoms with E-state index in [1.165, 1.54) is 21.1 Å². The monoisotopic (exact) mass is 258 g/mol. The average molecular weight is 259 g/mol. The fourth-order valence-corrected chi connectivity index (χ4v) is 1.82. The standard InChI is InChI=1S/C10H11BrO3/c1-6(12)9-7(11)4-5-8(13-2)10(9)14-3/h4-5H,1-3H3. The molecule has 0 saturated carbocycles. The Morgan fingerprint density at radius 1 is 1.29 bits per heavy atom. The lowest BCUT2D eigenvalue weighted by Crippen LogP contribution is -2.01. The van der Waals surface area contributed by atoms with Crippen LogP contribution in [-0.2, 0) is 0 Å². The predicted octanol–water partition coefficient (Wildman–Crippen LogP) is 2.67. The van der Waals surface area contributed by atoms with E-state index in [-0.39, 0.29) is 5.78 Å². The van der Waals surface area contributed by atoms with Crippen LogP contribution < -0.4 is 9.47 Å². The molecule has 0 aliphatic rings. The number of hydrogen-bond acceptors (Lipinski definition) is 3. The van der Waals surface area contributed by atoms with Crippen molar-refractivity contribution in [3.63, 3.8) is 0 Å². The van der Waals surface area contributed by atoms with Gasteiger partial charge < -0.3 is 9.47 Å². The van der Waals surface area contributed by atoms with Gasteiger partial charge in [-0.05, 0) is 35.0 Å². The van der Waals surface area contributed by atoms with E-state index >= 15 is 0 Å². The van der Waals surface area contributed by atoms with Gasteiger partial charge in [0.15, 0.2) is 17.3 Å². The van der Waals surface area contributed by atoms with Gasteiger partial charge in [-0.3, -0.25) is 4.79 Å². The fraction of sp³-hybridized carbons (Fsp3) is 0.300. The van der Waals surface area contributed by atoms with Crippen LogP contribution in [0.2, 0.25) is 0 Å². The summed E-state index contributed by atoms with van der Waals surface area (Å²) in [5.74, 6) is 0.961. The number of carbonyl (C=O) groups excluding carboxylic acids is 1. The quantitative estimate of drug-likeness (QED) is 0.783. The summed E-state index contributed by atoms with van der Waals surface area (Å²) >= 11 is 3.30. The summed E-state index contributed by atoms with van der Waals surface area (Å²) in [7, 11) is 3.05. The maximum atomic E-state index is 11.3. The zero-order chi connectivity index (χ0) is 10.7. The highest BCUT2D eigenvalue weighted by molar-refractivity contribution is 9.10. The van der Waals surface area contributed by atoms with E-state index < -0.39 is 0 Å². The van der Waals surface area contributed by atoms with Gasteiger partial charge in [-0.25, -0.2) is 0 Å². The summed E-state index contributed by atoms with van der Waals surface area (Å²) in [4.78, 5) is 11.3.